The summed E-state index contributed by atoms with van der Waals surface area (Å²) in [5, 5.41) is 6.90. The van der Waals surface area contributed by atoms with Gasteiger partial charge in [0.15, 0.2) is 0 Å². The van der Waals surface area contributed by atoms with Gasteiger partial charge in [0, 0.05) is 15.7 Å². The standard InChI is InChI=1S/C18H14Cl2N4O2/c1-26-16-7-4-12(20)8-14(16)24-18(25)15-9-22-17(10-21-15)23-13-5-2-11(19)3-6-13/h2-10H,1H3,(H,22,23)(H,24,25). The number of carbonyl (C=O) groups is 1. The molecule has 0 saturated carbocycles. The Morgan fingerprint density at radius 2 is 1.73 bits per heavy atom. The number of ether oxygens (including phenoxy) is 1. The molecule has 0 saturated heterocycles. The molecule has 0 bridgehead atoms. The molecule has 1 aromatic heterocycles. The highest BCUT2D eigenvalue weighted by atomic mass is 35.5. The van der Waals surface area contributed by atoms with Crippen molar-refractivity contribution in [2.24, 2.45) is 0 Å². The number of nitrogens with zero attached hydrogens (tertiary/aromatic N) is 2. The average Bonchev–Trinajstić information content (AvgIpc) is 2.64. The van der Waals surface area contributed by atoms with Gasteiger partial charge in [0.1, 0.15) is 17.3 Å². The van der Waals surface area contributed by atoms with E-state index < -0.39 is 5.91 Å². The summed E-state index contributed by atoms with van der Waals surface area (Å²) >= 11 is 11.8. The van der Waals surface area contributed by atoms with Crippen LogP contribution in [0.25, 0.3) is 0 Å². The smallest absolute Gasteiger partial charge is 0.275 e. The number of aromatic nitrogens is 2. The Bertz CT molecular complexity index is 915. The predicted molar refractivity (Wildman–Crippen MR) is 103 cm³/mol. The number of hydrogen-bond donors (Lipinski definition) is 2. The van der Waals surface area contributed by atoms with Gasteiger partial charge in [-0.15, -0.1) is 0 Å². The Hall–Kier alpha value is -2.83. The summed E-state index contributed by atoms with van der Waals surface area (Å²) in [6.45, 7) is 0. The van der Waals surface area contributed by atoms with Crippen molar-refractivity contribution in [1.82, 2.24) is 9.97 Å². The van der Waals surface area contributed by atoms with E-state index in [4.69, 9.17) is 27.9 Å². The first-order valence-electron chi connectivity index (χ1n) is 7.54. The first-order chi connectivity index (χ1) is 12.5. The summed E-state index contributed by atoms with van der Waals surface area (Å²) in [5.74, 6) is 0.581. The molecular formula is C18H14Cl2N4O2. The second-order valence-electron chi connectivity index (χ2n) is 5.22. The zero-order valence-electron chi connectivity index (χ0n) is 13.7. The monoisotopic (exact) mass is 388 g/mol. The minimum Gasteiger partial charge on any atom is -0.495 e. The van der Waals surface area contributed by atoms with Gasteiger partial charge in [-0.2, -0.15) is 0 Å². The first kappa shape index (κ1) is 18.0. The number of carbonyl (C=O) groups excluding carboxylic acids is 1. The van der Waals surface area contributed by atoms with Crippen molar-refractivity contribution in [1.29, 1.82) is 0 Å². The molecule has 2 aromatic carbocycles. The fourth-order valence-corrected chi connectivity index (χ4v) is 2.45. The lowest BCUT2D eigenvalue weighted by Crippen LogP contribution is -2.15. The number of methoxy groups -OCH3 is 1. The van der Waals surface area contributed by atoms with Crippen molar-refractivity contribution in [3.63, 3.8) is 0 Å². The van der Waals surface area contributed by atoms with Crippen molar-refractivity contribution in [2.75, 3.05) is 17.7 Å². The Morgan fingerprint density at radius 3 is 2.38 bits per heavy atom. The molecular weight excluding hydrogens is 375 g/mol. The Kier molecular flexibility index (Phi) is 5.55. The molecule has 0 atom stereocenters. The number of amides is 1. The van der Waals surface area contributed by atoms with Gasteiger partial charge in [0.25, 0.3) is 5.91 Å². The summed E-state index contributed by atoms with van der Waals surface area (Å²) in [5.41, 5.74) is 1.42. The maximum Gasteiger partial charge on any atom is 0.275 e. The van der Waals surface area contributed by atoms with Crippen LogP contribution in [0.4, 0.5) is 17.2 Å². The lowest BCUT2D eigenvalue weighted by atomic mass is 10.2. The van der Waals surface area contributed by atoms with E-state index in [-0.39, 0.29) is 5.69 Å². The van der Waals surface area contributed by atoms with Crippen LogP contribution in [-0.2, 0) is 0 Å². The fraction of sp³-hybridized carbons (Fsp3) is 0.0556. The second kappa shape index (κ2) is 8.03. The highest BCUT2D eigenvalue weighted by Crippen LogP contribution is 2.28. The Balaban J connectivity index is 1.71. The zero-order valence-corrected chi connectivity index (χ0v) is 15.2. The van der Waals surface area contributed by atoms with Crippen LogP contribution in [0, 0.1) is 0 Å². The first-order valence-corrected chi connectivity index (χ1v) is 8.30. The normalized spacial score (nSPS) is 10.3. The summed E-state index contributed by atoms with van der Waals surface area (Å²) in [4.78, 5) is 20.7. The number of benzene rings is 2. The van der Waals surface area contributed by atoms with E-state index in [9.17, 15) is 4.79 Å². The van der Waals surface area contributed by atoms with Gasteiger partial charge >= 0.3 is 0 Å². The van der Waals surface area contributed by atoms with Crippen LogP contribution in [0.15, 0.2) is 54.9 Å². The molecule has 1 amide bonds. The van der Waals surface area contributed by atoms with Crippen LogP contribution in [0.1, 0.15) is 10.5 Å². The number of hydrogen-bond acceptors (Lipinski definition) is 5. The van der Waals surface area contributed by atoms with Gasteiger partial charge in [-0.05, 0) is 42.5 Å². The third-order valence-electron chi connectivity index (χ3n) is 3.41. The maximum atomic E-state index is 12.4. The average molecular weight is 389 g/mol. The van der Waals surface area contributed by atoms with E-state index in [1.807, 2.05) is 12.1 Å². The van der Waals surface area contributed by atoms with Crippen molar-refractivity contribution in [3.8, 4) is 5.75 Å². The molecule has 0 fully saturated rings. The molecule has 3 aromatic rings. The molecule has 0 radical (unpaired) electrons. The van der Waals surface area contributed by atoms with Crippen molar-refractivity contribution >= 4 is 46.3 Å². The molecule has 132 valence electrons. The highest BCUT2D eigenvalue weighted by Gasteiger charge is 2.12. The van der Waals surface area contributed by atoms with E-state index in [1.165, 1.54) is 19.5 Å². The molecule has 6 nitrogen and oxygen atoms in total. The van der Waals surface area contributed by atoms with Crippen LogP contribution < -0.4 is 15.4 Å². The number of halogens is 2. The van der Waals surface area contributed by atoms with E-state index in [0.29, 0.717) is 27.3 Å². The van der Waals surface area contributed by atoms with Crippen molar-refractivity contribution < 1.29 is 9.53 Å². The quantitative estimate of drug-likeness (QED) is 0.656. The molecule has 0 aliphatic carbocycles. The Labute approximate surface area is 160 Å². The third-order valence-corrected chi connectivity index (χ3v) is 3.90. The Morgan fingerprint density at radius 1 is 1.00 bits per heavy atom. The molecule has 0 spiro atoms. The molecule has 26 heavy (non-hydrogen) atoms. The maximum absolute atomic E-state index is 12.4. The van der Waals surface area contributed by atoms with Gasteiger partial charge in [0.05, 0.1) is 25.2 Å². The molecule has 0 aliphatic heterocycles. The summed E-state index contributed by atoms with van der Waals surface area (Å²) in [6.07, 6.45) is 2.85. The van der Waals surface area contributed by atoms with Gasteiger partial charge in [-0.1, -0.05) is 23.2 Å². The number of nitrogens with one attached hydrogen (secondary N) is 2. The predicted octanol–water partition coefficient (Wildman–Crippen LogP) is 4.79. The zero-order chi connectivity index (χ0) is 18.5. The molecule has 1 heterocycles. The molecule has 0 unspecified atom stereocenters. The van der Waals surface area contributed by atoms with E-state index in [0.717, 1.165) is 5.69 Å². The van der Waals surface area contributed by atoms with E-state index in [2.05, 4.69) is 20.6 Å². The minimum atomic E-state index is -0.420. The van der Waals surface area contributed by atoms with Gasteiger partial charge in [0.2, 0.25) is 0 Å². The van der Waals surface area contributed by atoms with Crippen molar-refractivity contribution in [3.05, 3.63) is 70.6 Å². The number of rotatable bonds is 5. The molecule has 8 heteroatoms. The summed E-state index contributed by atoms with van der Waals surface area (Å²) < 4.78 is 5.20. The van der Waals surface area contributed by atoms with E-state index in [1.54, 1.807) is 30.3 Å². The second-order valence-corrected chi connectivity index (χ2v) is 6.09. The topological polar surface area (TPSA) is 76.1 Å². The van der Waals surface area contributed by atoms with E-state index >= 15 is 0 Å². The molecule has 2 N–H and O–H groups in total. The number of anilines is 3. The minimum absolute atomic E-state index is 0.161. The van der Waals surface area contributed by atoms with Crippen LogP contribution >= 0.6 is 23.2 Å². The molecule has 3 rings (SSSR count). The van der Waals surface area contributed by atoms with Crippen molar-refractivity contribution in [2.45, 2.75) is 0 Å². The lowest BCUT2D eigenvalue weighted by molar-refractivity contribution is 0.102. The largest absolute Gasteiger partial charge is 0.495 e. The van der Waals surface area contributed by atoms with Crippen LogP contribution in [-0.4, -0.2) is 23.0 Å². The lowest BCUT2D eigenvalue weighted by Gasteiger charge is -2.10. The van der Waals surface area contributed by atoms with Gasteiger partial charge in [-0.25, -0.2) is 9.97 Å². The van der Waals surface area contributed by atoms with Crippen LogP contribution in [0.2, 0.25) is 10.0 Å². The molecule has 0 aliphatic rings. The fourth-order valence-electron chi connectivity index (χ4n) is 2.16. The SMILES string of the molecule is COc1ccc(Cl)cc1NC(=O)c1cnc(Nc2ccc(Cl)cc2)cn1. The third kappa shape index (κ3) is 4.41. The summed E-state index contributed by atoms with van der Waals surface area (Å²) in [7, 11) is 1.51. The van der Waals surface area contributed by atoms with Crippen LogP contribution in [0.5, 0.6) is 5.75 Å². The van der Waals surface area contributed by atoms with Gasteiger partial charge < -0.3 is 15.4 Å². The highest BCUT2D eigenvalue weighted by molar-refractivity contribution is 6.31. The van der Waals surface area contributed by atoms with Gasteiger partial charge in [-0.3, -0.25) is 4.79 Å². The van der Waals surface area contributed by atoms with Crippen LogP contribution in [0.3, 0.4) is 0 Å². The summed E-state index contributed by atoms with van der Waals surface area (Å²) in [6, 6.07) is 12.1.